The number of carbonyl (C=O) groups is 1. The highest BCUT2D eigenvalue weighted by Gasteiger charge is 2.32. The number of thiazole rings is 1. The standard InChI is InChI=1S/C27H32F5N7O2S/c1-4-37(3)15-20-23(17-12-18(27(30,31)32)14-19(28)13-17)35-26(42-20)36-24-22(29)25(34-16-33-24)39-10-8-38(9-11-39)7-6-21(40)41-5-2/h12-14,16H,4-11,15H2,1-3H3,(H,33,34,35,36). The Morgan fingerprint density at radius 3 is 2.52 bits per heavy atom. The molecule has 0 aliphatic carbocycles. The van der Waals surface area contributed by atoms with E-state index in [0.29, 0.717) is 63.4 Å². The second kappa shape index (κ2) is 13.7. The Balaban J connectivity index is 1.54. The molecule has 1 saturated heterocycles. The minimum absolute atomic E-state index is 0.0317. The lowest BCUT2D eigenvalue weighted by Gasteiger charge is -2.35. The lowest BCUT2D eigenvalue weighted by Crippen LogP contribution is -2.47. The van der Waals surface area contributed by atoms with Crippen LogP contribution in [0.15, 0.2) is 24.5 Å². The summed E-state index contributed by atoms with van der Waals surface area (Å²) >= 11 is 1.12. The zero-order valence-electron chi connectivity index (χ0n) is 23.5. The molecule has 1 aliphatic heterocycles. The quantitative estimate of drug-likeness (QED) is 0.233. The van der Waals surface area contributed by atoms with Crippen molar-refractivity contribution in [2.24, 2.45) is 0 Å². The highest BCUT2D eigenvalue weighted by atomic mass is 32.1. The van der Waals surface area contributed by atoms with Gasteiger partial charge in [-0.2, -0.15) is 17.6 Å². The van der Waals surface area contributed by atoms with E-state index in [-0.39, 0.29) is 40.4 Å². The number of piperazine rings is 1. The number of carbonyl (C=O) groups excluding carboxylic acids is 1. The summed E-state index contributed by atoms with van der Waals surface area (Å²) in [4.78, 5) is 30.6. The van der Waals surface area contributed by atoms with Crippen molar-refractivity contribution >= 4 is 34.1 Å². The Kier molecular flexibility index (Phi) is 10.3. The third-order valence-corrected chi connectivity index (χ3v) is 7.71. The first-order chi connectivity index (χ1) is 20.0. The van der Waals surface area contributed by atoms with Gasteiger partial charge in [-0.05, 0) is 38.7 Å². The Morgan fingerprint density at radius 1 is 1.12 bits per heavy atom. The molecule has 42 heavy (non-hydrogen) atoms. The number of benzene rings is 1. The number of hydrogen-bond acceptors (Lipinski definition) is 10. The molecule has 0 bridgehead atoms. The normalized spacial score (nSPS) is 14.5. The van der Waals surface area contributed by atoms with Gasteiger partial charge in [0.2, 0.25) is 5.82 Å². The molecule has 0 saturated carbocycles. The molecule has 0 unspecified atom stereocenters. The predicted molar refractivity (Wildman–Crippen MR) is 150 cm³/mol. The molecule has 2 aromatic heterocycles. The van der Waals surface area contributed by atoms with Crippen molar-refractivity contribution in [1.82, 2.24) is 24.8 Å². The van der Waals surface area contributed by atoms with Gasteiger partial charge in [-0.25, -0.2) is 19.3 Å². The lowest BCUT2D eigenvalue weighted by atomic mass is 10.1. The van der Waals surface area contributed by atoms with Crippen LogP contribution in [0.2, 0.25) is 0 Å². The summed E-state index contributed by atoms with van der Waals surface area (Å²) in [7, 11) is 1.83. The lowest BCUT2D eigenvalue weighted by molar-refractivity contribution is -0.143. The van der Waals surface area contributed by atoms with E-state index < -0.39 is 23.4 Å². The highest BCUT2D eigenvalue weighted by Crippen LogP contribution is 2.38. The molecule has 1 N–H and O–H groups in total. The van der Waals surface area contributed by atoms with E-state index >= 15 is 4.39 Å². The molecule has 0 atom stereocenters. The molecule has 3 heterocycles. The molecule has 3 aromatic rings. The van der Waals surface area contributed by atoms with Crippen LogP contribution in [0, 0.1) is 11.6 Å². The van der Waals surface area contributed by atoms with E-state index in [9.17, 15) is 22.4 Å². The maximum absolute atomic E-state index is 15.6. The molecule has 1 fully saturated rings. The summed E-state index contributed by atoms with van der Waals surface area (Å²) in [5, 5.41) is 3.03. The van der Waals surface area contributed by atoms with Gasteiger partial charge < -0.3 is 19.9 Å². The van der Waals surface area contributed by atoms with Gasteiger partial charge in [0, 0.05) is 49.7 Å². The van der Waals surface area contributed by atoms with Crippen LogP contribution in [0.3, 0.4) is 0 Å². The fourth-order valence-electron chi connectivity index (χ4n) is 4.42. The zero-order chi connectivity index (χ0) is 30.4. The van der Waals surface area contributed by atoms with Crippen LogP contribution in [-0.2, 0) is 22.3 Å². The van der Waals surface area contributed by atoms with Crippen molar-refractivity contribution in [2.75, 3.05) is 63.1 Å². The Bertz CT molecular complexity index is 1380. The van der Waals surface area contributed by atoms with Crippen LogP contribution in [0.4, 0.5) is 38.7 Å². The monoisotopic (exact) mass is 613 g/mol. The van der Waals surface area contributed by atoms with E-state index in [1.165, 1.54) is 6.33 Å². The van der Waals surface area contributed by atoms with E-state index in [2.05, 4.69) is 25.2 Å². The molecule has 15 heteroatoms. The molecule has 9 nitrogen and oxygen atoms in total. The van der Waals surface area contributed by atoms with Crippen LogP contribution in [0.1, 0.15) is 30.7 Å². The number of nitrogens with one attached hydrogen (secondary N) is 1. The number of nitrogens with zero attached hydrogens (tertiary/aromatic N) is 6. The summed E-state index contributed by atoms with van der Waals surface area (Å²) in [5.74, 6) is -2.04. The number of alkyl halides is 3. The molecular formula is C27H32F5N7O2S. The number of ether oxygens (including phenoxy) is 1. The van der Waals surface area contributed by atoms with Gasteiger partial charge >= 0.3 is 12.1 Å². The first kappa shape index (κ1) is 31.5. The summed E-state index contributed by atoms with van der Waals surface area (Å²) in [6, 6.07) is 2.29. The third kappa shape index (κ3) is 7.89. The van der Waals surface area contributed by atoms with E-state index in [0.717, 1.165) is 23.5 Å². The SMILES string of the molecule is CCOC(=O)CCN1CCN(c2ncnc(Nc3nc(-c4cc(F)cc(C(F)(F)F)c4)c(CN(C)CC)s3)c2F)CC1. The summed E-state index contributed by atoms with van der Waals surface area (Å²) < 4.78 is 75.0. The minimum Gasteiger partial charge on any atom is -0.466 e. The summed E-state index contributed by atoms with van der Waals surface area (Å²) in [5.41, 5.74) is -0.987. The molecule has 0 spiro atoms. The van der Waals surface area contributed by atoms with Crippen LogP contribution >= 0.6 is 11.3 Å². The van der Waals surface area contributed by atoms with Gasteiger partial charge in [0.25, 0.3) is 0 Å². The van der Waals surface area contributed by atoms with Crippen molar-refractivity contribution in [3.8, 4) is 11.3 Å². The van der Waals surface area contributed by atoms with Crippen molar-refractivity contribution in [3.05, 3.63) is 46.6 Å². The minimum atomic E-state index is -4.73. The van der Waals surface area contributed by atoms with Gasteiger partial charge in [0.1, 0.15) is 12.1 Å². The van der Waals surface area contributed by atoms with Crippen molar-refractivity contribution in [1.29, 1.82) is 0 Å². The smallest absolute Gasteiger partial charge is 0.416 e. The van der Waals surface area contributed by atoms with E-state index in [4.69, 9.17) is 4.74 Å². The van der Waals surface area contributed by atoms with Crippen LogP contribution in [0.25, 0.3) is 11.3 Å². The topological polar surface area (TPSA) is 86.7 Å². The molecule has 4 rings (SSSR count). The molecule has 228 valence electrons. The van der Waals surface area contributed by atoms with Gasteiger partial charge in [-0.3, -0.25) is 9.69 Å². The fourth-order valence-corrected chi connectivity index (χ4v) is 5.48. The maximum atomic E-state index is 15.6. The van der Waals surface area contributed by atoms with Crippen LogP contribution in [-0.4, -0.2) is 83.6 Å². The number of hydrogen-bond donors (Lipinski definition) is 1. The number of esters is 1. The fraction of sp³-hybridized carbons (Fsp3) is 0.481. The number of aromatic nitrogens is 3. The molecule has 1 aliphatic rings. The average Bonchev–Trinajstić information content (AvgIpc) is 3.34. The number of anilines is 3. The van der Waals surface area contributed by atoms with Crippen molar-refractivity contribution in [3.63, 3.8) is 0 Å². The van der Waals surface area contributed by atoms with Gasteiger partial charge in [0.15, 0.2) is 16.8 Å². The van der Waals surface area contributed by atoms with E-state index in [1.54, 1.807) is 11.8 Å². The summed E-state index contributed by atoms with van der Waals surface area (Å²) in [6.07, 6.45) is -3.24. The van der Waals surface area contributed by atoms with Crippen molar-refractivity contribution in [2.45, 2.75) is 33.0 Å². The van der Waals surface area contributed by atoms with Crippen molar-refractivity contribution < 1.29 is 31.5 Å². The second-order valence-electron chi connectivity index (χ2n) is 9.72. The predicted octanol–water partition coefficient (Wildman–Crippen LogP) is 5.17. The third-order valence-electron chi connectivity index (χ3n) is 6.75. The number of halogens is 5. The van der Waals surface area contributed by atoms with Gasteiger partial charge in [-0.15, -0.1) is 0 Å². The van der Waals surface area contributed by atoms with Crippen LogP contribution in [0.5, 0.6) is 0 Å². The Hall–Kier alpha value is -3.43. The molecule has 1 aromatic carbocycles. The van der Waals surface area contributed by atoms with E-state index in [1.807, 2.05) is 18.9 Å². The Morgan fingerprint density at radius 2 is 1.86 bits per heavy atom. The van der Waals surface area contributed by atoms with Crippen LogP contribution < -0.4 is 10.2 Å². The molecule has 0 amide bonds. The number of rotatable bonds is 11. The largest absolute Gasteiger partial charge is 0.466 e. The van der Waals surface area contributed by atoms with Gasteiger partial charge in [-0.1, -0.05) is 18.3 Å². The first-order valence-corrected chi connectivity index (χ1v) is 14.3. The first-order valence-electron chi connectivity index (χ1n) is 13.4. The average molecular weight is 614 g/mol. The summed E-state index contributed by atoms with van der Waals surface area (Å²) in [6.45, 7) is 7.69. The zero-order valence-corrected chi connectivity index (χ0v) is 24.3. The highest BCUT2D eigenvalue weighted by molar-refractivity contribution is 7.16. The Labute approximate surface area is 244 Å². The second-order valence-corrected chi connectivity index (χ2v) is 10.8. The molecular weight excluding hydrogens is 581 g/mol. The molecule has 0 radical (unpaired) electrons. The maximum Gasteiger partial charge on any atom is 0.416 e. The van der Waals surface area contributed by atoms with Gasteiger partial charge in [0.05, 0.1) is 24.3 Å².